The predicted octanol–water partition coefficient (Wildman–Crippen LogP) is 3.17. The first-order valence-electron chi connectivity index (χ1n) is 7.95. The van der Waals surface area contributed by atoms with E-state index in [0.29, 0.717) is 30.9 Å². The zero-order chi connectivity index (χ0) is 17.5. The lowest BCUT2D eigenvalue weighted by molar-refractivity contribution is -0.121. The Morgan fingerprint density at radius 3 is 3.00 bits per heavy atom. The van der Waals surface area contributed by atoms with E-state index in [4.69, 9.17) is 9.26 Å². The smallest absolute Gasteiger partial charge is 0.220 e. The summed E-state index contributed by atoms with van der Waals surface area (Å²) < 4.78 is 10.4. The van der Waals surface area contributed by atoms with Crippen molar-refractivity contribution in [3.63, 3.8) is 0 Å². The van der Waals surface area contributed by atoms with Crippen molar-refractivity contribution < 1.29 is 14.1 Å². The van der Waals surface area contributed by atoms with Gasteiger partial charge in [-0.3, -0.25) is 4.79 Å². The van der Waals surface area contributed by atoms with Gasteiger partial charge in [-0.15, -0.1) is 0 Å². The maximum absolute atomic E-state index is 12.4. The fourth-order valence-electron chi connectivity index (χ4n) is 2.60. The van der Waals surface area contributed by atoms with Gasteiger partial charge in [0, 0.05) is 30.7 Å². The molecule has 1 unspecified atom stereocenters. The third-order valence-electron chi connectivity index (χ3n) is 3.81. The number of nitrogens with zero attached hydrogens (tertiary/aromatic N) is 2. The first-order valence-corrected chi connectivity index (χ1v) is 8.89. The Bertz CT molecular complexity index is 788. The van der Waals surface area contributed by atoms with Gasteiger partial charge in [0.15, 0.2) is 0 Å². The topological polar surface area (TPSA) is 77.2 Å². The van der Waals surface area contributed by atoms with E-state index in [9.17, 15) is 4.79 Å². The summed E-state index contributed by atoms with van der Waals surface area (Å²) in [5, 5.41) is 10.8. The average molecular weight is 357 g/mol. The summed E-state index contributed by atoms with van der Waals surface area (Å²) in [6, 6.07) is 7.39. The highest BCUT2D eigenvalue weighted by atomic mass is 32.1. The maximum atomic E-state index is 12.4. The molecule has 25 heavy (non-hydrogen) atoms. The van der Waals surface area contributed by atoms with Crippen molar-refractivity contribution in [1.82, 2.24) is 15.5 Å². The number of ether oxygens (including phenoxy) is 1. The maximum Gasteiger partial charge on any atom is 0.220 e. The van der Waals surface area contributed by atoms with Crippen LogP contribution in [0.2, 0.25) is 0 Å². The number of thiophene rings is 1. The third-order valence-corrected chi connectivity index (χ3v) is 4.55. The van der Waals surface area contributed by atoms with Gasteiger partial charge in [0.2, 0.25) is 11.8 Å². The molecule has 3 aromatic heterocycles. The lowest BCUT2D eigenvalue weighted by Gasteiger charge is -2.20. The Kier molecular flexibility index (Phi) is 5.79. The molecular formula is C18H19N3O3S. The molecule has 1 amide bonds. The molecule has 1 N–H and O–H groups in total. The molecule has 0 fully saturated rings. The molecule has 0 radical (unpaired) electrons. The number of hydrogen-bond acceptors (Lipinski definition) is 6. The number of carbonyl (C=O) groups is 1. The van der Waals surface area contributed by atoms with Crippen LogP contribution in [0.4, 0.5) is 0 Å². The van der Waals surface area contributed by atoms with Gasteiger partial charge in [-0.05, 0) is 34.9 Å². The molecule has 1 atom stereocenters. The number of aryl methyl sites for hydroxylation is 1. The zero-order valence-corrected chi connectivity index (χ0v) is 14.7. The van der Waals surface area contributed by atoms with E-state index >= 15 is 0 Å². The first-order chi connectivity index (χ1) is 12.3. The summed E-state index contributed by atoms with van der Waals surface area (Å²) in [4.78, 5) is 16.7. The zero-order valence-electron chi connectivity index (χ0n) is 13.8. The van der Waals surface area contributed by atoms with Crippen molar-refractivity contribution in [2.24, 2.45) is 0 Å². The van der Waals surface area contributed by atoms with Crippen LogP contribution in [-0.4, -0.2) is 23.2 Å². The van der Waals surface area contributed by atoms with Crippen molar-refractivity contribution in [2.45, 2.75) is 25.3 Å². The van der Waals surface area contributed by atoms with Gasteiger partial charge in [0.25, 0.3) is 0 Å². The van der Waals surface area contributed by atoms with Crippen LogP contribution in [-0.2, 0) is 17.6 Å². The van der Waals surface area contributed by atoms with E-state index < -0.39 is 0 Å². The number of pyridine rings is 1. The predicted molar refractivity (Wildman–Crippen MR) is 94.5 cm³/mol. The number of aromatic nitrogens is 2. The van der Waals surface area contributed by atoms with E-state index in [2.05, 4.69) is 26.9 Å². The lowest BCUT2D eigenvalue weighted by atomic mass is 10.0. The van der Waals surface area contributed by atoms with Crippen LogP contribution in [0.15, 0.2) is 51.9 Å². The highest BCUT2D eigenvalue weighted by Gasteiger charge is 2.20. The first kappa shape index (κ1) is 17.2. The van der Waals surface area contributed by atoms with Crippen LogP contribution in [0.1, 0.15) is 29.3 Å². The van der Waals surface area contributed by atoms with Gasteiger partial charge in [-0.1, -0.05) is 11.2 Å². The number of amides is 1. The van der Waals surface area contributed by atoms with E-state index in [1.54, 1.807) is 36.9 Å². The lowest BCUT2D eigenvalue weighted by Crippen LogP contribution is -2.30. The van der Waals surface area contributed by atoms with E-state index in [1.165, 1.54) is 0 Å². The average Bonchev–Trinajstić information content (AvgIpc) is 3.33. The molecule has 0 aliphatic carbocycles. The molecule has 0 bridgehead atoms. The Hall–Kier alpha value is -2.67. The summed E-state index contributed by atoms with van der Waals surface area (Å²) in [6.45, 7) is 0. The molecule has 130 valence electrons. The van der Waals surface area contributed by atoms with Crippen molar-refractivity contribution in [2.75, 3.05) is 7.11 Å². The minimum absolute atomic E-state index is 0.0532. The monoisotopic (exact) mass is 357 g/mol. The largest absolute Gasteiger partial charge is 0.481 e. The molecule has 0 aliphatic heterocycles. The SMILES string of the molecule is COc1ncccc1C(Cc1ccsc1)NC(=O)CCc1ccno1. The van der Waals surface area contributed by atoms with Gasteiger partial charge < -0.3 is 14.6 Å². The molecule has 7 heteroatoms. The van der Waals surface area contributed by atoms with E-state index in [-0.39, 0.29) is 11.9 Å². The van der Waals surface area contributed by atoms with Crippen molar-refractivity contribution in [3.05, 3.63) is 64.3 Å². The molecule has 3 aromatic rings. The van der Waals surface area contributed by atoms with Crippen LogP contribution in [0, 0.1) is 0 Å². The number of hydrogen-bond donors (Lipinski definition) is 1. The van der Waals surface area contributed by atoms with Gasteiger partial charge in [0.05, 0.1) is 19.3 Å². The van der Waals surface area contributed by atoms with Gasteiger partial charge in [0.1, 0.15) is 5.76 Å². The Labute approximate surface area is 149 Å². The van der Waals surface area contributed by atoms with E-state index in [1.807, 2.05) is 17.5 Å². The number of rotatable bonds is 8. The Balaban J connectivity index is 1.72. The number of methoxy groups -OCH3 is 1. The minimum Gasteiger partial charge on any atom is -0.481 e. The number of carbonyl (C=O) groups excluding carboxylic acids is 1. The minimum atomic E-state index is -0.208. The van der Waals surface area contributed by atoms with Crippen LogP contribution < -0.4 is 10.1 Å². The second kappa shape index (κ2) is 8.43. The van der Waals surface area contributed by atoms with Gasteiger partial charge >= 0.3 is 0 Å². The Morgan fingerprint density at radius 2 is 2.28 bits per heavy atom. The molecule has 0 aromatic carbocycles. The number of nitrogens with one attached hydrogen (secondary N) is 1. The molecule has 0 saturated carbocycles. The molecule has 0 aliphatic rings. The summed E-state index contributed by atoms with van der Waals surface area (Å²) in [5.41, 5.74) is 2.03. The van der Waals surface area contributed by atoms with Crippen LogP contribution in [0.5, 0.6) is 5.88 Å². The fraction of sp³-hybridized carbons (Fsp3) is 0.278. The summed E-state index contributed by atoms with van der Waals surface area (Å²) in [6.07, 6.45) is 4.78. The second-order valence-corrected chi connectivity index (χ2v) is 6.32. The van der Waals surface area contributed by atoms with Crippen LogP contribution >= 0.6 is 11.3 Å². The molecule has 3 heterocycles. The summed E-state index contributed by atoms with van der Waals surface area (Å²) >= 11 is 1.64. The summed E-state index contributed by atoms with van der Waals surface area (Å²) in [7, 11) is 1.58. The van der Waals surface area contributed by atoms with Crippen LogP contribution in [0.25, 0.3) is 0 Å². The third kappa shape index (κ3) is 4.67. The second-order valence-electron chi connectivity index (χ2n) is 5.54. The molecular weight excluding hydrogens is 338 g/mol. The van der Waals surface area contributed by atoms with E-state index in [0.717, 1.165) is 11.1 Å². The highest BCUT2D eigenvalue weighted by Crippen LogP contribution is 2.26. The quantitative estimate of drug-likeness (QED) is 0.670. The Morgan fingerprint density at radius 1 is 1.36 bits per heavy atom. The van der Waals surface area contributed by atoms with Crippen molar-refractivity contribution in [1.29, 1.82) is 0 Å². The van der Waals surface area contributed by atoms with Crippen molar-refractivity contribution >= 4 is 17.2 Å². The normalized spacial score (nSPS) is 11.9. The summed E-state index contributed by atoms with van der Waals surface area (Å²) in [5.74, 6) is 1.17. The highest BCUT2D eigenvalue weighted by molar-refractivity contribution is 7.07. The molecule has 6 nitrogen and oxygen atoms in total. The molecule has 0 spiro atoms. The molecule has 0 saturated heterocycles. The van der Waals surface area contributed by atoms with Crippen LogP contribution in [0.3, 0.4) is 0 Å². The standard InChI is InChI=1S/C18H19N3O3S/c1-23-18-15(3-2-8-19-18)16(11-13-7-10-25-12-13)21-17(22)5-4-14-6-9-20-24-14/h2-3,6-10,12,16H,4-5,11H2,1H3,(H,21,22). The van der Waals surface area contributed by atoms with Gasteiger partial charge in [-0.2, -0.15) is 11.3 Å². The molecule has 3 rings (SSSR count). The van der Waals surface area contributed by atoms with Crippen molar-refractivity contribution in [3.8, 4) is 5.88 Å². The van der Waals surface area contributed by atoms with Gasteiger partial charge in [-0.25, -0.2) is 4.98 Å². The fourth-order valence-corrected chi connectivity index (χ4v) is 3.28.